The lowest BCUT2D eigenvalue weighted by Crippen LogP contribution is -2.29. The molecule has 2 rings (SSSR count). The van der Waals surface area contributed by atoms with Gasteiger partial charge in [0.1, 0.15) is 10.1 Å². The van der Waals surface area contributed by atoms with E-state index in [2.05, 4.69) is 5.32 Å². The second-order valence-corrected chi connectivity index (χ2v) is 6.80. The molecule has 0 atom stereocenters. The van der Waals surface area contributed by atoms with E-state index in [9.17, 15) is 9.59 Å². The van der Waals surface area contributed by atoms with Crippen LogP contribution in [-0.4, -0.2) is 40.4 Å². The van der Waals surface area contributed by atoms with E-state index in [1.165, 1.54) is 11.8 Å². The molecule has 5 nitrogen and oxygen atoms in total. The standard InChI is InChI=1S/C16H20N2O3S2/c1-21-13-8-6-12(7-9-13)17-14(19)5-3-2-4-10-18-15(20)11-23-16(18)22/h6-9H,2-5,10-11H2,1H3,(H,17,19). The van der Waals surface area contributed by atoms with E-state index in [4.69, 9.17) is 17.0 Å². The first kappa shape index (κ1) is 17.7. The second kappa shape index (κ2) is 8.88. The summed E-state index contributed by atoms with van der Waals surface area (Å²) in [5, 5.41) is 2.86. The van der Waals surface area contributed by atoms with Crippen molar-refractivity contribution < 1.29 is 14.3 Å². The number of ether oxygens (including phenoxy) is 1. The third kappa shape index (κ3) is 5.51. The second-order valence-electron chi connectivity index (χ2n) is 5.19. The van der Waals surface area contributed by atoms with Gasteiger partial charge < -0.3 is 10.1 Å². The molecule has 0 aromatic heterocycles. The Labute approximate surface area is 145 Å². The summed E-state index contributed by atoms with van der Waals surface area (Å²) in [5.41, 5.74) is 0.765. The minimum atomic E-state index is -0.00140. The molecular weight excluding hydrogens is 332 g/mol. The summed E-state index contributed by atoms with van der Waals surface area (Å²) in [7, 11) is 1.61. The van der Waals surface area contributed by atoms with E-state index in [1.54, 1.807) is 12.0 Å². The maximum atomic E-state index is 11.9. The average molecular weight is 352 g/mol. The van der Waals surface area contributed by atoms with E-state index in [-0.39, 0.29) is 11.8 Å². The van der Waals surface area contributed by atoms with Crippen molar-refractivity contribution in [3.05, 3.63) is 24.3 Å². The normalized spacial score (nSPS) is 14.2. The number of methoxy groups -OCH3 is 1. The van der Waals surface area contributed by atoms with Crippen molar-refractivity contribution in [3.8, 4) is 5.75 Å². The number of nitrogens with zero attached hydrogens (tertiary/aromatic N) is 1. The number of rotatable bonds is 8. The van der Waals surface area contributed by atoms with Gasteiger partial charge in [-0.3, -0.25) is 14.5 Å². The molecule has 0 radical (unpaired) electrons. The van der Waals surface area contributed by atoms with Crippen molar-refractivity contribution in [2.24, 2.45) is 0 Å². The predicted molar refractivity (Wildman–Crippen MR) is 96.9 cm³/mol. The average Bonchev–Trinajstić information content (AvgIpc) is 2.87. The number of nitrogens with one attached hydrogen (secondary N) is 1. The zero-order chi connectivity index (χ0) is 16.7. The van der Waals surface area contributed by atoms with E-state index in [0.717, 1.165) is 30.7 Å². The number of thioether (sulfide) groups is 1. The highest BCUT2D eigenvalue weighted by Crippen LogP contribution is 2.20. The Bertz CT molecular complexity index is 559. The number of carbonyl (C=O) groups is 2. The summed E-state index contributed by atoms with van der Waals surface area (Å²) in [5.74, 6) is 1.31. The lowest BCUT2D eigenvalue weighted by molar-refractivity contribution is -0.124. The number of hydrogen-bond acceptors (Lipinski definition) is 5. The molecular formula is C16H20N2O3S2. The minimum absolute atomic E-state index is 0.00140. The van der Waals surface area contributed by atoms with Crippen LogP contribution in [0.4, 0.5) is 5.69 Å². The Hall–Kier alpha value is -1.60. The van der Waals surface area contributed by atoms with Crippen molar-refractivity contribution in [1.82, 2.24) is 4.90 Å². The molecule has 23 heavy (non-hydrogen) atoms. The van der Waals surface area contributed by atoms with Gasteiger partial charge in [0.25, 0.3) is 0 Å². The number of hydrogen-bond donors (Lipinski definition) is 1. The predicted octanol–water partition coefficient (Wildman–Crippen LogP) is 3.05. The molecule has 0 aliphatic carbocycles. The summed E-state index contributed by atoms with van der Waals surface area (Å²) < 4.78 is 5.75. The van der Waals surface area contributed by atoms with Crippen LogP contribution in [0.15, 0.2) is 24.3 Å². The van der Waals surface area contributed by atoms with Crippen LogP contribution in [0.5, 0.6) is 5.75 Å². The molecule has 1 fully saturated rings. The van der Waals surface area contributed by atoms with Gasteiger partial charge in [-0.1, -0.05) is 30.4 Å². The minimum Gasteiger partial charge on any atom is -0.497 e. The summed E-state index contributed by atoms with van der Waals surface area (Å²) in [6.07, 6.45) is 3.03. The van der Waals surface area contributed by atoms with Gasteiger partial charge in [0, 0.05) is 18.7 Å². The Kier molecular flexibility index (Phi) is 6.85. The topological polar surface area (TPSA) is 58.6 Å². The number of thiocarbonyl (C=S) groups is 1. The molecule has 1 aliphatic heterocycles. The number of benzene rings is 1. The van der Waals surface area contributed by atoms with Crippen LogP contribution < -0.4 is 10.1 Å². The molecule has 1 aromatic rings. The number of anilines is 1. The third-order valence-corrected chi connectivity index (χ3v) is 4.93. The van der Waals surface area contributed by atoms with E-state index in [0.29, 0.717) is 23.0 Å². The van der Waals surface area contributed by atoms with Gasteiger partial charge in [0.15, 0.2) is 0 Å². The van der Waals surface area contributed by atoms with Crippen molar-refractivity contribution in [3.63, 3.8) is 0 Å². The first-order chi connectivity index (χ1) is 11.1. The number of carbonyl (C=O) groups excluding carboxylic acids is 2. The Morgan fingerprint density at radius 3 is 2.65 bits per heavy atom. The molecule has 1 saturated heterocycles. The summed E-state index contributed by atoms with van der Waals surface area (Å²) in [4.78, 5) is 25.1. The molecule has 0 bridgehead atoms. The van der Waals surface area contributed by atoms with E-state index < -0.39 is 0 Å². The summed E-state index contributed by atoms with van der Waals surface area (Å²) >= 11 is 6.54. The zero-order valence-corrected chi connectivity index (χ0v) is 14.7. The van der Waals surface area contributed by atoms with Crippen LogP contribution >= 0.6 is 24.0 Å². The highest BCUT2D eigenvalue weighted by molar-refractivity contribution is 8.23. The Morgan fingerprint density at radius 2 is 2.04 bits per heavy atom. The smallest absolute Gasteiger partial charge is 0.238 e. The maximum Gasteiger partial charge on any atom is 0.238 e. The van der Waals surface area contributed by atoms with Crippen LogP contribution in [0.2, 0.25) is 0 Å². The number of amides is 2. The molecule has 2 amide bonds. The van der Waals surface area contributed by atoms with Gasteiger partial charge in [-0.2, -0.15) is 0 Å². The Morgan fingerprint density at radius 1 is 1.30 bits per heavy atom. The van der Waals surface area contributed by atoms with Gasteiger partial charge in [-0.05, 0) is 37.1 Å². The molecule has 0 spiro atoms. The third-order valence-electron chi connectivity index (χ3n) is 3.50. The van der Waals surface area contributed by atoms with Crippen LogP contribution in [0.25, 0.3) is 0 Å². The fourth-order valence-corrected chi connectivity index (χ4v) is 3.35. The van der Waals surface area contributed by atoms with Gasteiger partial charge in [-0.25, -0.2) is 0 Å². The summed E-state index contributed by atoms with van der Waals surface area (Å²) in [6.45, 7) is 0.658. The Balaban J connectivity index is 1.61. The van der Waals surface area contributed by atoms with Crippen LogP contribution in [0, 0.1) is 0 Å². The molecule has 7 heteroatoms. The van der Waals surface area contributed by atoms with E-state index >= 15 is 0 Å². The quantitative estimate of drug-likeness (QED) is 0.576. The number of unbranched alkanes of at least 4 members (excludes halogenated alkanes) is 2. The molecule has 0 saturated carbocycles. The van der Waals surface area contributed by atoms with Crippen molar-refractivity contribution in [2.75, 3.05) is 24.7 Å². The summed E-state index contributed by atoms with van der Waals surface area (Å²) in [6, 6.07) is 7.25. The molecule has 1 N–H and O–H groups in total. The molecule has 124 valence electrons. The van der Waals surface area contributed by atoms with Crippen molar-refractivity contribution in [1.29, 1.82) is 0 Å². The van der Waals surface area contributed by atoms with Gasteiger partial charge in [0.05, 0.1) is 12.9 Å². The van der Waals surface area contributed by atoms with Crippen molar-refractivity contribution in [2.45, 2.75) is 25.7 Å². The zero-order valence-electron chi connectivity index (χ0n) is 13.0. The molecule has 1 heterocycles. The molecule has 0 unspecified atom stereocenters. The van der Waals surface area contributed by atoms with Crippen LogP contribution in [-0.2, 0) is 9.59 Å². The first-order valence-corrected chi connectivity index (χ1v) is 8.90. The van der Waals surface area contributed by atoms with Crippen molar-refractivity contribution >= 4 is 45.8 Å². The van der Waals surface area contributed by atoms with Gasteiger partial charge in [-0.15, -0.1) is 0 Å². The van der Waals surface area contributed by atoms with Gasteiger partial charge in [0.2, 0.25) is 11.8 Å². The highest BCUT2D eigenvalue weighted by atomic mass is 32.2. The lowest BCUT2D eigenvalue weighted by Gasteiger charge is -2.14. The van der Waals surface area contributed by atoms with Crippen LogP contribution in [0.1, 0.15) is 25.7 Å². The van der Waals surface area contributed by atoms with Crippen LogP contribution in [0.3, 0.4) is 0 Å². The van der Waals surface area contributed by atoms with E-state index in [1.807, 2.05) is 24.3 Å². The molecule has 1 aromatic carbocycles. The fourth-order valence-electron chi connectivity index (χ4n) is 2.23. The molecule has 1 aliphatic rings. The van der Waals surface area contributed by atoms with Gasteiger partial charge >= 0.3 is 0 Å². The SMILES string of the molecule is COc1ccc(NC(=O)CCCCCN2C(=O)CSC2=S)cc1. The lowest BCUT2D eigenvalue weighted by atomic mass is 10.1. The monoisotopic (exact) mass is 352 g/mol. The first-order valence-electron chi connectivity index (χ1n) is 7.51. The fraction of sp³-hybridized carbons (Fsp3) is 0.438. The highest BCUT2D eigenvalue weighted by Gasteiger charge is 2.25. The maximum absolute atomic E-state index is 11.9. The largest absolute Gasteiger partial charge is 0.497 e.